The Morgan fingerprint density at radius 2 is 1.62 bits per heavy atom. The van der Waals surface area contributed by atoms with E-state index in [-0.39, 0.29) is 5.91 Å². The van der Waals surface area contributed by atoms with Crippen molar-refractivity contribution in [2.24, 2.45) is 0 Å². The Labute approximate surface area is 105 Å². The van der Waals surface area contributed by atoms with Gasteiger partial charge in [-0.2, -0.15) is 0 Å². The van der Waals surface area contributed by atoms with Gasteiger partial charge < -0.3 is 10.1 Å². The summed E-state index contributed by atoms with van der Waals surface area (Å²) in [5.41, 5.74) is 1.95. The van der Waals surface area contributed by atoms with E-state index in [1.54, 1.807) is 7.11 Å². The van der Waals surface area contributed by atoms with Gasteiger partial charge in [0.2, 0.25) is 5.91 Å². The van der Waals surface area contributed by atoms with E-state index in [1.165, 1.54) is 6.92 Å². The highest BCUT2D eigenvalue weighted by molar-refractivity contribution is 6.41. The van der Waals surface area contributed by atoms with Crippen molar-refractivity contribution in [2.45, 2.75) is 20.8 Å². The molecule has 0 spiro atoms. The van der Waals surface area contributed by atoms with Crippen molar-refractivity contribution < 1.29 is 9.53 Å². The molecule has 0 unspecified atom stereocenters. The summed E-state index contributed by atoms with van der Waals surface area (Å²) in [6.45, 7) is 5.03. The van der Waals surface area contributed by atoms with Crippen molar-refractivity contribution in [1.29, 1.82) is 0 Å². The van der Waals surface area contributed by atoms with Gasteiger partial charge in [0.1, 0.15) is 5.75 Å². The lowest BCUT2D eigenvalue weighted by atomic mass is 10.1. The summed E-state index contributed by atoms with van der Waals surface area (Å²) in [4.78, 5) is 11.0. The van der Waals surface area contributed by atoms with Gasteiger partial charge in [-0.15, -0.1) is 0 Å². The highest BCUT2D eigenvalue weighted by atomic mass is 35.5. The normalized spacial score (nSPS) is 10.1. The van der Waals surface area contributed by atoms with Gasteiger partial charge in [-0.3, -0.25) is 4.79 Å². The van der Waals surface area contributed by atoms with E-state index in [1.807, 2.05) is 13.8 Å². The maximum Gasteiger partial charge on any atom is 0.221 e. The molecule has 0 aromatic heterocycles. The Kier molecular flexibility index (Phi) is 4.05. The Morgan fingerprint density at radius 1 is 1.19 bits per heavy atom. The summed E-state index contributed by atoms with van der Waals surface area (Å²) < 4.78 is 5.22. The predicted molar refractivity (Wildman–Crippen MR) is 66.8 cm³/mol. The van der Waals surface area contributed by atoms with Crippen molar-refractivity contribution in [3.05, 3.63) is 21.2 Å². The minimum atomic E-state index is -0.215. The average molecular weight is 262 g/mol. The van der Waals surface area contributed by atoms with Crippen LogP contribution in [-0.4, -0.2) is 13.0 Å². The molecule has 0 aliphatic heterocycles. The van der Waals surface area contributed by atoms with Crippen molar-refractivity contribution >= 4 is 34.8 Å². The average Bonchev–Trinajstić information content (AvgIpc) is 2.22. The second kappa shape index (κ2) is 4.93. The van der Waals surface area contributed by atoms with Crippen LogP contribution < -0.4 is 10.1 Å². The number of ether oxygens (including phenoxy) is 1. The van der Waals surface area contributed by atoms with Crippen molar-refractivity contribution in [2.75, 3.05) is 12.4 Å². The van der Waals surface area contributed by atoms with Gasteiger partial charge in [0, 0.05) is 18.1 Å². The molecule has 0 atom stereocenters. The van der Waals surface area contributed by atoms with E-state index in [4.69, 9.17) is 27.9 Å². The number of carbonyl (C=O) groups excluding carboxylic acids is 1. The van der Waals surface area contributed by atoms with E-state index in [9.17, 15) is 4.79 Å². The first-order valence-corrected chi connectivity index (χ1v) is 5.45. The molecule has 0 aliphatic rings. The summed E-state index contributed by atoms with van der Waals surface area (Å²) in [5, 5.41) is 3.43. The summed E-state index contributed by atoms with van der Waals surface area (Å²) in [7, 11) is 1.56. The summed E-state index contributed by atoms with van der Waals surface area (Å²) in [5.74, 6) is 0.428. The maximum atomic E-state index is 11.0. The molecule has 0 aliphatic carbocycles. The smallest absolute Gasteiger partial charge is 0.221 e. The summed E-state index contributed by atoms with van der Waals surface area (Å²) in [6.07, 6.45) is 0. The van der Waals surface area contributed by atoms with Crippen molar-refractivity contribution in [3.8, 4) is 5.75 Å². The van der Waals surface area contributed by atoms with Crippen LogP contribution in [0.1, 0.15) is 18.1 Å². The second-order valence-corrected chi connectivity index (χ2v) is 4.22. The Balaban J connectivity index is 3.47. The van der Waals surface area contributed by atoms with Crippen LogP contribution >= 0.6 is 23.2 Å². The van der Waals surface area contributed by atoms with Gasteiger partial charge in [-0.25, -0.2) is 0 Å². The summed E-state index contributed by atoms with van der Waals surface area (Å²) in [6, 6.07) is 0. The van der Waals surface area contributed by atoms with Gasteiger partial charge >= 0.3 is 0 Å². The van der Waals surface area contributed by atoms with E-state index < -0.39 is 0 Å². The monoisotopic (exact) mass is 261 g/mol. The van der Waals surface area contributed by atoms with Gasteiger partial charge in [-0.1, -0.05) is 23.2 Å². The minimum Gasteiger partial charge on any atom is -0.496 e. The number of halogens is 2. The largest absolute Gasteiger partial charge is 0.496 e. The van der Waals surface area contributed by atoms with Gasteiger partial charge in [0.25, 0.3) is 0 Å². The first-order valence-electron chi connectivity index (χ1n) is 4.69. The fraction of sp³-hybridized carbons (Fsp3) is 0.364. The van der Waals surface area contributed by atoms with E-state index in [2.05, 4.69) is 5.32 Å². The molecule has 1 rings (SSSR count). The molecule has 0 heterocycles. The third-order valence-corrected chi connectivity index (χ3v) is 3.23. The highest BCUT2D eigenvalue weighted by Crippen LogP contribution is 2.42. The van der Waals surface area contributed by atoms with Crippen LogP contribution in [0.4, 0.5) is 5.69 Å². The zero-order valence-corrected chi connectivity index (χ0v) is 11.1. The lowest BCUT2D eigenvalue weighted by Crippen LogP contribution is -2.08. The molecule has 1 amide bonds. The molecule has 0 saturated carbocycles. The Morgan fingerprint density at radius 3 is 1.94 bits per heavy atom. The zero-order valence-electron chi connectivity index (χ0n) is 9.57. The number of benzene rings is 1. The van der Waals surface area contributed by atoms with Crippen LogP contribution in [0.5, 0.6) is 5.75 Å². The third-order valence-electron chi connectivity index (χ3n) is 2.28. The molecule has 0 fully saturated rings. The molecule has 3 nitrogen and oxygen atoms in total. The SMILES string of the molecule is COc1c(C)c(Cl)c(NC(C)=O)c(Cl)c1C. The molecular formula is C11H13Cl2NO2. The number of methoxy groups -OCH3 is 1. The highest BCUT2D eigenvalue weighted by Gasteiger charge is 2.18. The van der Waals surface area contributed by atoms with Crippen LogP contribution in [0.25, 0.3) is 0 Å². The fourth-order valence-electron chi connectivity index (χ4n) is 1.54. The quantitative estimate of drug-likeness (QED) is 0.884. The van der Waals surface area contributed by atoms with Gasteiger partial charge in [0.15, 0.2) is 0 Å². The Hall–Kier alpha value is -0.930. The van der Waals surface area contributed by atoms with Crippen LogP contribution in [0, 0.1) is 13.8 Å². The first kappa shape index (κ1) is 13.1. The zero-order chi connectivity index (χ0) is 12.5. The van der Waals surface area contributed by atoms with Crippen LogP contribution in [0.15, 0.2) is 0 Å². The van der Waals surface area contributed by atoms with Crippen LogP contribution in [0.3, 0.4) is 0 Å². The summed E-state index contributed by atoms with van der Waals surface area (Å²) >= 11 is 12.2. The molecule has 1 N–H and O–H groups in total. The molecule has 88 valence electrons. The number of anilines is 1. The first-order chi connectivity index (χ1) is 7.40. The van der Waals surface area contributed by atoms with Gasteiger partial charge in [-0.05, 0) is 13.8 Å². The molecule has 0 saturated heterocycles. The van der Waals surface area contributed by atoms with Crippen molar-refractivity contribution in [3.63, 3.8) is 0 Å². The van der Waals surface area contributed by atoms with Crippen LogP contribution in [0.2, 0.25) is 10.0 Å². The van der Waals surface area contributed by atoms with E-state index in [0.29, 0.717) is 21.5 Å². The third kappa shape index (κ3) is 2.25. The number of amides is 1. The topological polar surface area (TPSA) is 38.3 Å². The lowest BCUT2D eigenvalue weighted by Gasteiger charge is -2.16. The number of carbonyl (C=O) groups is 1. The molecule has 1 aromatic carbocycles. The second-order valence-electron chi connectivity index (χ2n) is 3.47. The van der Waals surface area contributed by atoms with Crippen LogP contribution in [-0.2, 0) is 4.79 Å². The minimum absolute atomic E-state index is 0.215. The lowest BCUT2D eigenvalue weighted by molar-refractivity contribution is -0.114. The number of nitrogens with one attached hydrogen (secondary N) is 1. The molecule has 1 aromatic rings. The maximum absolute atomic E-state index is 11.0. The molecule has 16 heavy (non-hydrogen) atoms. The molecule has 5 heteroatoms. The fourth-order valence-corrected chi connectivity index (χ4v) is 2.05. The Bertz CT molecular complexity index is 415. The van der Waals surface area contributed by atoms with Crippen molar-refractivity contribution in [1.82, 2.24) is 0 Å². The van der Waals surface area contributed by atoms with Gasteiger partial charge in [0.05, 0.1) is 22.8 Å². The number of rotatable bonds is 2. The van der Waals surface area contributed by atoms with E-state index in [0.717, 1.165) is 11.1 Å². The molecule has 0 radical (unpaired) electrons. The number of hydrogen-bond donors (Lipinski definition) is 1. The number of hydrogen-bond acceptors (Lipinski definition) is 2. The molecule has 0 bridgehead atoms. The van der Waals surface area contributed by atoms with E-state index >= 15 is 0 Å². The molecular weight excluding hydrogens is 249 g/mol. The predicted octanol–water partition coefficient (Wildman–Crippen LogP) is 3.58. The standard InChI is InChI=1S/C11H13Cl2NO2/c1-5-8(12)10(14-7(3)15)9(13)6(2)11(5)16-4/h1-4H3,(H,14,15).